The van der Waals surface area contributed by atoms with E-state index in [4.69, 9.17) is 0 Å². The van der Waals surface area contributed by atoms with Gasteiger partial charge in [-0.3, -0.25) is 4.98 Å². The van der Waals surface area contributed by atoms with Crippen LogP contribution in [0.15, 0.2) is 24.4 Å². The number of aryl methyl sites for hydroxylation is 1. The van der Waals surface area contributed by atoms with Gasteiger partial charge in [-0.15, -0.1) is 10.2 Å². The van der Waals surface area contributed by atoms with Crippen LogP contribution in [0.1, 0.15) is 5.82 Å². The van der Waals surface area contributed by atoms with Crippen molar-refractivity contribution in [2.45, 2.75) is 6.92 Å². The lowest BCUT2D eigenvalue weighted by atomic mass is 10.2. The van der Waals surface area contributed by atoms with E-state index in [1.807, 2.05) is 18.2 Å². The number of nitrogens with zero attached hydrogens (tertiary/aromatic N) is 4. The third-order valence-electron chi connectivity index (χ3n) is 1.94. The number of nitrogens with one attached hydrogen (secondary N) is 1. The topological polar surface area (TPSA) is 63.6 Å². The van der Waals surface area contributed by atoms with Crippen molar-refractivity contribution in [1.82, 2.24) is 20.2 Å². The molecule has 5 heteroatoms. The molecule has 1 N–H and O–H groups in total. The minimum Gasteiger partial charge on any atom is -0.371 e. The second-order valence-electron chi connectivity index (χ2n) is 3.02. The highest BCUT2D eigenvalue weighted by molar-refractivity contribution is 5.67. The maximum absolute atomic E-state index is 4.24. The van der Waals surface area contributed by atoms with Crippen LogP contribution in [0.4, 0.5) is 5.82 Å². The molecule has 0 saturated heterocycles. The van der Waals surface area contributed by atoms with E-state index in [-0.39, 0.29) is 0 Å². The van der Waals surface area contributed by atoms with Gasteiger partial charge >= 0.3 is 0 Å². The van der Waals surface area contributed by atoms with Crippen LogP contribution in [0.2, 0.25) is 0 Å². The number of aromatic nitrogens is 4. The van der Waals surface area contributed by atoms with E-state index in [1.165, 1.54) is 0 Å². The van der Waals surface area contributed by atoms with Crippen LogP contribution >= 0.6 is 0 Å². The molecular formula is C10H11N5. The molecule has 2 rings (SSSR count). The van der Waals surface area contributed by atoms with Crippen molar-refractivity contribution in [1.29, 1.82) is 0 Å². The first-order valence-corrected chi connectivity index (χ1v) is 4.61. The van der Waals surface area contributed by atoms with Crippen molar-refractivity contribution in [2.75, 3.05) is 12.4 Å². The Morgan fingerprint density at radius 3 is 2.73 bits per heavy atom. The predicted octanol–water partition coefficient (Wildman–Crippen LogP) is 1.28. The van der Waals surface area contributed by atoms with Crippen molar-refractivity contribution >= 4 is 5.82 Å². The molecule has 0 amide bonds. The van der Waals surface area contributed by atoms with Crippen molar-refractivity contribution in [3.63, 3.8) is 0 Å². The highest BCUT2D eigenvalue weighted by Crippen LogP contribution is 2.19. The van der Waals surface area contributed by atoms with Crippen molar-refractivity contribution < 1.29 is 0 Å². The molecule has 0 aliphatic carbocycles. The second kappa shape index (κ2) is 4.00. The maximum atomic E-state index is 4.24. The molecule has 0 fully saturated rings. The Balaban J connectivity index is 2.53. The Morgan fingerprint density at radius 1 is 1.20 bits per heavy atom. The molecule has 2 aromatic heterocycles. The molecule has 2 heterocycles. The third-order valence-corrected chi connectivity index (χ3v) is 1.94. The normalized spacial score (nSPS) is 10.0. The molecule has 0 saturated carbocycles. The summed E-state index contributed by atoms with van der Waals surface area (Å²) in [6.45, 7) is 1.80. The van der Waals surface area contributed by atoms with Gasteiger partial charge in [0.2, 0.25) is 0 Å². The van der Waals surface area contributed by atoms with E-state index >= 15 is 0 Å². The van der Waals surface area contributed by atoms with Gasteiger partial charge in [0, 0.05) is 13.2 Å². The molecule has 0 atom stereocenters. The van der Waals surface area contributed by atoms with Gasteiger partial charge in [-0.1, -0.05) is 6.07 Å². The Labute approximate surface area is 87.6 Å². The molecule has 5 nitrogen and oxygen atoms in total. The van der Waals surface area contributed by atoms with Crippen LogP contribution in [0.3, 0.4) is 0 Å². The highest BCUT2D eigenvalue weighted by atomic mass is 15.2. The molecule has 0 aliphatic rings. The van der Waals surface area contributed by atoms with Gasteiger partial charge < -0.3 is 5.32 Å². The average molecular weight is 201 g/mol. The standard InChI is InChI=1S/C10H11N5/c1-7-13-10(11-2)9(15-14-7)8-5-3-4-6-12-8/h3-6H,1-2H3,(H,11,13,14). The van der Waals surface area contributed by atoms with Crippen molar-refractivity contribution in [3.05, 3.63) is 30.2 Å². The zero-order valence-corrected chi connectivity index (χ0v) is 8.60. The Morgan fingerprint density at radius 2 is 2.07 bits per heavy atom. The first-order chi connectivity index (χ1) is 7.31. The molecular weight excluding hydrogens is 190 g/mol. The summed E-state index contributed by atoms with van der Waals surface area (Å²) in [6.07, 6.45) is 1.72. The molecule has 15 heavy (non-hydrogen) atoms. The maximum Gasteiger partial charge on any atom is 0.158 e. The predicted molar refractivity (Wildman–Crippen MR) is 57.3 cm³/mol. The average Bonchev–Trinajstić information content (AvgIpc) is 2.30. The number of rotatable bonds is 2. The van der Waals surface area contributed by atoms with Crippen LogP contribution in [0.5, 0.6) is 0 Å². The Bertz CT molecular complexity index is 455. The molecule has 2 aromatic rings. The smallest absolute Gasteiger partial charge is 0.158 e. The fourth-order valence-electron chi connectivity index (χ4n) is 1.26. The van der Waals surface area contributed by atoms with Crippen molar-refractivity contribution in [3.8, 4) is 11.4 Å². The van der Waals surface area contributed by atoms with Gasteiger partial charge in [0.1, 0.15) is 5.82 Å². The highest BCUT2D eigenvalue weighted by Gasteiger charge is 2.08. The summed E-state index contributed by atoms with van der Waals surface area (Å²) in [5.74, 6) is 1.33. The van der Waals surface area contributed by atoms with Gasteiger partial charge in [0.15, 0.2) is 11.5 Å². The lowest BCUT2D eigenvalue weighted by molar-refractivity contribution is 0.912. The van der Waals surface area contributed by atoms with E-state index in [0.717, 1.165) is 5.69 Å². The van der Waals surface area contributed by atoms with E-state index in [0.29, 0.717) is 17.3 Å². The fraction of sp³-hybridized carbons (Fsp3) is 0.200. The minimum atomic E-state index is 0.638. The summed E-state index contributed by atoms with van der Waals surface area (Å²) in [4.78, 5) is 8.45. The minimum absolute atomic E-state index is 0.638. The summed E-state index contributed by atoms with van der Waals surface area (Å²) in [6, 6.07) is 5.64. The monoisotopic (exact) mass is 201 g/mol. The summed E-state index contributed by atoms with van der Waals surface area (Å²) < 4.78 is 0. The van der Waals surface area contributed by atoms with Gasteiger partial charge in [0.05, 0.1) is 5.69 Å². The molecule has 0 bridgehead atoms. The second-order valence-corrected chi connectivity index (χ2v) is 3.02. The van der Waals surface area contributed by atoms with E-state index in [2.05, 4.69) is 25.5 Å². The fourth-order valence-corrected chi connectivity index (χ4v) is 1.26. The van der Waals surface area contributed by atoms with Crippen LogP contribution in [-0.2, 0) is 0 Å². The number of anilines is 1. The molecule has 0 radical (unpaired) electrons. The van der Waals surface area contributed by atoms with Crippen LogP contribution in [0, 0.1) is 6.92 Å². The summed E-state index contributed by atoms with van der Waals surface area (Å²) in [5, 5.41) is 11.0. The zero-order chi connectivity index (χ0) is 10.7. The summed E-state index contributed by atoms with van der Waals surface area (Å²) in [5.41, 5.74) is 1.44. The van der Waals surface area contributed by atoms with E-state index in [1.54, 1.807) is 20.2 Å². The van der Waals surface area contributed by atoms with Gasteiger partial charge in [-0.05, 0) is 19.1 Å². The van der Waals surface area contributed by atoms with E-state index < -0.39 is 0 Å². The lowest BCUT2D eigenvalue weighted by Crippen LogP contribution is -2.03. The van der Waals surface area contributed by atoms with Gasteiger partial charge in [0.25, 0.3) is 0 Å². The first kappa shape index (κ1) is 9.51. The zero-order valence-electron chi connectivity index (χ0n) is 8.60. The van der Waals surface area contributed by atoms with Crippen LogP contribution in [0.25, 0.3) is 11.4 Å². The third kappa shape index (κ3) is 1.90. The number of pyridine rings is 1. The summed E-state index contributed by atoms with van der Waals surface area (Å²) in [7, 11) is 1.80. The number of hydrogen-bond acceptors (Lipinski definition) is 5. The number of hydrogen-bond donors (Lipinski definition) is 1. The molecule has 0 aliphatic heterocycles. The molecule has 0 spiro atoms. The van der Waals surface area contributed by atoms with Gasteiger partial charge in [-0.2, -0.15) is 0 Å². The summed E-state index contributed by atoms with van der Waals surface area (Å²) >= 11 is 0. The SMILES string of the molecule is CNc1nc(C)nnc1-c1ccccn1. The Hall–Kier alpha value is -2.04. The van der Waals surface area contributed by atoms with Crippen molar-refractivity contribution in [2.24, 2.45) is 0 Å². The lowest BCUT2D eigenvalue weighted by Gasteiger charge is -2.05. The largest absolute Gasteiger partial charge is 0.371 e. The van der Waals surface area contributed by atoms with Crippen LogP contribution in [-0.4, -0.2) is 27.2 Å². The van der Waals surface area contributed by atoms with Crippen LogP contribution < -0.4 is 5.32 Å². The van der Waals surface area contributed by atoms with Gasteiger partial charge in [-0.25, -0.2) is 4.98 Å². The molecule has 0 aromatic carbocycles. The quantitative estimate of drug-likeness (QED) is 0.793. The first-order valence-electron chi connectivity index (χ1n) is 4.61. The molecule has 0 unspecified atom stereocenters. The molecule has 76 valence electrons. The Kier molecular flexibility index (Phi) is 2.53. The van der Waals surface area contributed by atoms with E-state index in [9.17, 15) is 0 Å².